The van der Waals surface area contributed by atoms with Gasteiger partial charge in [0.2, 0.25) is 10.0 Å². The molecular weight excluding hydrogens is 406 g/mol. The average Bonchev–Trinajstić information content (AvgIpc) is 2.85. The number of aryl methyl sites for hydroxylation is 1. The van der Waals surface area contributed by atoms with Crippen molar-refractivity contribution in [3.63, 3.8) is 0 Å². The fourth-order valence-corrected chi connectivity index (χ4v) is 4.84. The molecule has 2 aromatic rings. The molecule has 0 aliphatic rings. The molecule has 0 saturated carbocycles. The fourth-order valence-electron chi connectivity index (χ4n) is 2.74. The molecule has 25 heavy (non-hydrogen) atoms. The second-order valence-corrected chi connectivity index (χ2v) is 8.41. The average molecular weight is 430 g/mol. The summed E-state index contributed by atoms with van der Waals surface area (Å²) in [6, 6.07) is 7.57. The molecule has 0 fully saturated rings. The summed E-state index contributed by atoms with van der Waals surface area (Å²) < 4.78 is 35.5. The molecule has 6 nitrogen and oxygen atoms in total. The van der Waals surface area contributed by atoms with Gasteiger partial charge in [0.1, 0.15) is 17.3 Å². The predicted octanol–water partition coefficient (Wildman–Crippen LogP) is 3.37. The van der Waals surface area contributed by atoms with E-state index in [0.717, 1.165) is 10.2 Å². The number of hydrogen-bond donors (Lipinski definition) is 0. The highest BCUT2D eigenvalue weighted by atomic mass is 79.9. The van der Waals surface area contributed by atoms with E-state index >= 15 is 0 Å². The van der Waals surface area contributed by atoms with Gasteiger partial charge in [-0.3, -0.25) is 4.68 Å². The molecule has 138 valence electrons. The van der Waals surface area contributed by atoms with Gasteiger partial charge in [0.05, 0.1) is 17.9 Å². The van der Waals surface area contributed by atoms with E-state index < -0.39 is 10.0 Å². The molecule has 1 aromatic heterocycles. The van der Waals surface area contributed by atoms with Gasteiger partial charge in [-0.25, -0.2) is 8.42 Å². The molecule has 2 rings (SSSR count). The first-order valence-corrected chi connectivity index (χ1v) is 10.5. The maximum atomic E-state index is 12.8. The van der Waals surface area contributed by atoms with Crippen LogP contribution >= 0.6 is 15.9 Å². The van der Waals surface area contributed by atoms with Crippen LogP contribution in [0.4, 0.5) is 0 Å². The Hall–Kier alpha value is -1.38. The number of halogens is 1. The molecule has 0 spiro atoms. The zero-order chi connectivity index (χ0) is 18.6. The second kappa shape index (κ2) is 8.33. The van der Waals surface area contributed by atoms with Crippen molar-refractivity contribution >= 4 is 26.0 Å². The third kappa shape index (κ3) is 4.43. The summed E-state index contributed by atoms with van der Waals surface area (Å²) in [6.07, 6.45) is 0. The van der Waals surface area contributed by atoms with E-state index in [1.54, 1.807) is 18.5 Å². The number of sulfonamides is 1. The van der Waals surface area contributed by atoms with Crippen LogP contribution in [0.2, 0.25) is 0 Å². The van der Waals surface area contributed by atoms with Crippen molar-refractivity contribution in [2.75, 3.05) is 19.7 Å². The van der Waals surface area contributed by atoms with Gasteiger partial charge in [0, 0.05) is 17.6 Å². The predicted molar refractivity (Wildman–Crippen MR) is 101 cm³/mol. The molecule has 1 aromatic carbocycles. The van der Waals surface area contributed by atoms with Crippen LogP contribution in [0.5, 0.6) is 5.75 Å². The summed E-state index contributed by atoms with van der Waals surface area (Å²) >= 11 is 3.38. The number of nitrogens with zero attached hydrogens (tertiary/aromatic N) is 3. The second-order valence-electron chi connectivity index (χ2n) is 5.61. The van der Waals surface area contributed by atoms with Gasteiger partial charge in [-0.2, -0.15) is 9.40 Å². The van der Waals surface area contributed by atoms with Crippen molar-refractivity contribution in [1.29, 1.82) is 0 Å². The van der Waals surface area contributed by atoms with Gasteiger partial charge >= 0.3 is 0 Å². The van der Waals surface area contributed by atoms with E-state index in [0.29, 0.717) is 42.5 Å². The van der Waals surface area contributed by atoms with E-state index in [9.17, 15) is 8.42 Å². The molecule has 0 bridgehead atoms. The molecule has 8 heteroatoms. The summed E-state index contributed by atoms with van der Waals surface area (Å²) in [5.74, 6) is 0.765. The highest BCUT2D eigenvalue weighted by Gasteiger charge is 2.29. The van der Waals surface area contributed by atoms with E-state index in [2.05, 4.69) is 21.0 Å². The van der Waals surface area contributed by atoms with Gasteiger partial charge in [-0.1, -0.05) is 29.8 Å². The van der Waals surface area contributed by atoms with Crippen molar-refractivity contribution in [3.05, 3.63) is 40.1 Å². The lowest BCUT2D eigenvalue weighted by Crippen LogP contribution is -2.31. The molecule has 0 saturated heterocycles. The molecular formula is C17H24BrN3O3S. The summed E-state index contributed by atoms with van der Waals surface area (Å²) in [5, 5.41) is 4.40. The Labute approximate surface area is 158 Å². The summed E-state index contributed by atoms with van der Waals surface area (Å²) in [5.41, 5.74) is 1.16. The van der Waals surface area contributed by atoms with E-state index in [4.69, 9.17) is 4.74 Å². The monoisotopic (exact) mass is 429 g/mol. The van der Waals surface area contributed by atoms with Crippen molar-refractivity contribution < 1.29 is 13.2 Å². The van der Waals surface area contributed by atoms with Crippen LogP contribution in [0.1, 0.15) is 25.2 Å². The largest absolute Gasteiger partial charge is 0.492 e. The highest BCUT2D eigenvalue weighted by molar-refractivity contribution is 9.10. The number of benzene rings is 1. The first-order chi connectivity index (χ1) is 11.8. The zero-order valence-corrected chi connectivity index (χ0v) is 17.4. The topological polar surface area (TPSA) is 64.4 Å². The van der Waals surface area contributed by atoms with Crippen LogP contribution < -0.4 is 4.74 Å². The lowest BCUT2D eigenvalue weighted by Gasteiger charge is -2.18. The number of aromatic nitrogens is 2. The Kier molecular flexibility index (Phi) is 6.65. The summed E-state index contributed by atoms with van der Waals surface area (Å²) in [7, 11) is -3.52. The maximum absolute atomic E-state index is 12.8. The smallest absolute Gasteiger partial charge is 0.246 e. The van der Waals surface area contributed by atoms with Crippen LogP contribution in [-0.2, 0) is 16.6 Å². The molecule has 0 N–H and O–H groups in total. The minimum absolute atomic E-state index is 0.305. The fraction of sp³-hybridized carbons (Fsp3) is 0.471. The number of ether oxygens (including phenoxy) is 1. The highest BCUT2D eigenvalue weighted by Crippen LogP contribution is 2.23. The third-order valence-electron chi connectivity index (χ3n) is 4.00. The van der Waals surface area contributed by atoms with Crippen molar-refractivity contribution in [1.82, 2.24) is 14.1 Å². The molecule has 0 aliphatic heterocycles. The Morgan fingerprint density at radius 2 is 1.76 bits per heavy atom. The van der Waals surface area contributed by atoms with Gasteiger partial charge < -0.3 is 4.74 Å². The Balaban J connectivity index is 2.15. The summed E-state index contributed by atoms with van der Waals surface area (Å²) in [6.45, 7) is 8.96. The quantitative estimate of drug-likeness (QED) is 0.644. The zero-order valence-electron chi connectivity index (χ0n) is 15.0. The first kappa shape index (κ1) is 19.9. The third-order valence-corrected chi connectivity index (χ3v) is 6.84. The van der Waals surface area contributed by atoms with E-state index in [1.165, 1.54) is 4.31 Å². The van der Waals surface area contributed by atoms with Crippen molar-refractivity contribution in [2.24, 2.45) is 0 Å². The van der Waals surface area contributed by atoms with Gasteiger partial charge in [-0.15, -0.1) is 0 Å². The normalized spacial score (nSPS) is 11.9. The Bertz CT molecular complexity index is 812. The minimum Gasteiger partial charge on any atom is -0.492 e. The SMILES string of the molecule is CCN(CC)S(=O)(=O)c1c(C)nn(CCOc2ccc(Br)cc2)c1C. The van der Waals surface area contributed by atoms with Crippen LogP contribution in [0, 0.1) is 13.8 Å². The van der Waals surface area contributed by atoms with Crippen LogP contribution in [0.15, 0.2) is 33.6 Å². The maximum Gasteiger partial charge on any atom is 0.246 e. The van der Waals surface area contributed by atoms with E-state index in [1.807, 2.05) is 38.1 Å². The number of hydrogen-bond acceptors (Lipinski definition) is 4. The standard InChI is InChI=1S/C17H24BrN3O3S/c1-5-20(6-2)25(22,23)17-13(3)19-21(14(17)4)11-12-24-16-9-7-15(18)8-10-16/h7-10H,5-6,11-12H2,1-4H3. The van der Waals surface area contributed by atoms with Crippen molar-refractivity contribution in [3.8, 4) is 5.75 Å². The van der Waals surface area contributed by atoms with E-state index in [-0.39, 0.29) is 0 Å². The molecule has 0 aliphatic carbocycles. The van der Waals surface area contributed by atoms with Crippen LogP contribution in [0.25, 0.3) is 0 Å². The van der Waals surface area contributed by atoms with Crippen LogP contribution in [-0.4, -0.2) is 42.2 Å². The molecule has 0 unspecified atom stereocenters. The van der Waals surface area contributed by atoms with Gasteiger partial charge in [0.15, 0.2) is 0 Å². The Morgan fingerprint density at radius 3 is 2.32 bits per heavy atom. The molecule has 0 radical (unpaired) electrons. The molecule has 0 amide bonds. The lowest BCUT2D eigenvalue weighted by molar-refractivity contribution is 0.289. The first-order valence-electron chi connectivity index (χ1n) is 8.23. The lowest BCUT2D eigenvalue weighted by atomic mass is 10.3. The number of rotatable bonds is 8. The van der Waals surface area contributed by atoms with Gasteiger partial charge in [0.25, 0.3) is 0 Å². The van der Waals surface area contributed by atoms with Gasteiger partial charge in [-0.05, 0) is 38.1 Å². The molecule has 1 heterocycles. The van der Waals surface area contributed by atoms with Crippen molar-refractivity contribution in [2.45, 2.75) is 39.1 Å². The van der Waals surface area contributed by atoms with Crippen LogP contribution in [0.3, 0.4) is 0 Å². The Morgan fingerprint density at radius 1 is 1.16 bits per heavy atom. The summed E-state index contributed by atoms with van der Waals surface area (Å²) in [4.78, 5) is 0.305. The molecule has 0 atom stereocenters. The minimum atomic E-state index is -3.52.